The van der Waals surface area contributed by atoms with Crippen LogP contribution < -0.4 is 21.7 Å². The topological polar surface area (TPSA) is 98.9 Å². The fourth-order valence-electron chi connectivity index (χ4n) is 2.75. The van der Waals surface area contributed by atoms with Gasteiger partial charge in [-0.15, -0.1) is 11.3 Å². The van der Waals surface area contributed by atoms with Gasteiger partial charge in [-0.05, 0) is 62.7 Å². The van der Waals surface area contributed by atoms with E-state index in [9.17, 15) is 9.59 Å². The van der Waals surface area contributed by atoms with Crippen LogP contribution in [0.15, 0.2) is 23.0 Å². The molecule has 146 valence electrons. The first-order valence-electron chi connectivity index (χ1n) is 8.67. The number of fused-ring (bicyclic) bond motifs is 1. The molecule has 3 rings (SSSR count). The molecule has 0 aliphatic rings. The number of benzene rings is 1. The van der Waals surface area contributed by atoms with E-state index in [-0.39, 0.29) is 23.0 Å². The number of aryl methyl sites for hydroxylation is 3. The largest absolute Gasteiger partial charge is 0.331 e. The van der Waals surface area contributed by atoms with Crippen LogP contribution in [0, 0.1) is 27.7 Å². The fraction of sp³-hybridized carbons (Fsp3) is 0.263. The number of thiocarbonyl (C=S) groups is 1. The van der Waals surface area contributed by atoms with Gasteiger partial charge in [0, 0.05) is 10.6 Å². The van der Waals surface area contributed by atoms with E-state index in [1.165, 1.54) is 11.3 Å². The quantitative estimate of drug-likeness (QED) is 0.388. The van der Waals surface area contributed by atoms with Crippen molar-refractivity contribution in [2.45, 2.75) is 34.1 Å². The molecule has 0 aliphatic heterocycles. The summed E-state index contributed by atoms with van der Waals surface area (Å²) in [5.41, 5.74) is 8.97. The van der Waals surface area contributed by atoms with E-state index in [0.717, 1.165) is 27.3 Å². The third-order valence-corrected chi connectivity index (χ3v) is 5.89. The molecule has 0 bridgehead atoms. The number of hydrogen-bond donors (Lipinski definition) is 4. The number of aromatic amines is 1. The van der Waals surface area contributed by atoms with Crippen LogP contribution in [0.2, 0.25) is 0 Å². The van der Waals surface area contributed by atoms with Crippen LogP contribution in [0.1, 0.15) is 27.4 Å². The summed E-state index contributed by atoms with van der Waals surface area (Å²) < 4.78 is 0. The van der Waals surface area contributed by atoms with Crippen molar-refractivity contribution in [1.29, 1.82) is 0 Å². The first-order valence-corrected chi connectivity index (χ1v) is 9.89. The molecule has 0 saturated carbocycles. The first-order chi connectivity index (χ1) is 13.3. The molecule has 2 heterocycles. The van der Waals surface area contributed by atoms with E-state index >= 15 is 0 Å². The molecule has 0 atom stereocenters. The summed E-state index contributed by atoms with van der Waals surface area (Å²) in [6.07, 6.45) is -0.0692. The van der Waals surface area contributed by atoms with Crippen LogP contribution in [-0.4, -0.2) is 21.0 Å². The number of aromatic nitrogens is 2. The highest BCUT2D eigenvalue weighted by atomic mass is 32.1. The van der Waals surface area contributed by atoms with Crippen molar-refractivity contribution in [3.05, 3.63) is 55.9 Å². The number of rotatable bonds is 3. The van der Waals surface area contributed by atoms with Gasteiger partial charge < -0.3 is 10.3 Å². The Kier molecular flexibility index (Phi) is 5.76. The molecule has 7 nitrogen and oxygen atoms in total. The van der Waals surface area contributed by atoms with Gasteiger partial charge in [-0.3, -0.25) is 20.4 Å². The van der Waals surface area contributed by atoms with E-state index < -0.39 is 0 Å². The highest BCUT2D eigenvalue weighted by Gasteiger charge is 2.14. The van der Waals surface area contributed by atoms with Crippen LogP contribution >= 0.6 is 23.6 Å². The van der Waals surface area contributed by atoms with E-state index in [1.54, 1.807) is 0 Å². The van der Waals surface area contributed by atoms with Gasteiger partial charge in [0.1, 0.15) is 10.7 Å². The zero-order valence-electron chi connectivity index (χ0n) is 16.0. The molecule has 28 heavy (non-hydrogen) atoms. The molecule has 0 saturated heterocycles. The van der Waals surface area contributed by atoms with Crippen molar-refractivity contribution in [3.8, 4) is 0 Å². The van der Waals surface area contributed by atoms with Gasteiger partial charge in [-0.1, -0.05) is 12.1 Å². The van der Waals surface area contributed by atoms with E-state index in [0.29, 0.717) is 16.0 Å². The normalized spacial score (nSPS) is 10.7. The van der Waals surface area contributed by atoms with Crippen molar-refractivity contribution in [2.24, 2.45) is 0 Å². The molecule has 1 aromatic carbocycles. The molecule has 3 aromatic rings. The molecular formula is C19H21N5O2S2. The van der Waals surface area contributed by atoms with Crippen LogP contribution in [0.3, 0.4) is 0 Å². The minimum absolute atomic E-state index is 0.0692. The fourth-order valence-corrected chi connectivity index (χ4v) is 3.96. The van der Waals surface area contributed by atoms with E-state index in [1.807, 2.05) is 45.9 Å². The Hall–Kier alpha value is -2.78. The predicted octanol–water partition coefficient (Wildman–Crippen LogP) is 2.78. The average molecular weight is 416 g/mol. The summed E-state index contributed by atoms with van der Waals surface area (Å²) >= 11 is 6.66. The van der Waals surface area contributed by atoms with Gasteiger partial charge in [0.2, 0.25) is 5.91 Å². The zero-order chi connectivity index (χ0) is 20.4. The molecule has 0 fully saturated rings. The maximum Gasteiger partial charge on any atom is 0.259 e. The SMILES string of the molecule is Cc1cccc(NC(=S)NNC(=O)Cc2nc3sc(C)c(C)c3c(=O)[nH]2)c1C. The first kappa shape index (κ1) is 20.0. The Morgan fingerprint density at radius 2 is 1.93 bits per heavy atom. The molecule has 2 aromatic heterocycles. The summed E-state index contributed by atoms with van der Waals surface area (Å²) in [4.78, 5) is 33.2. The summed E-state index contributed by atoms with van der Waals surface area (Å²) in [5.74, 6) is -0.0518. The number of hydrogen-bond acceptors (Lipinski definition) is 5. The number of hydrazine groups is 1. The van der Waals surface area contributed by atoms with Crippen LogP contribution in [-0.2, 0) is 11.2 Å². The zero-order valence-corrected chi connectivity index (χ0v) is 17.7. The van der Waals surface area contributed by atoms with Gasteiger partial charge >= 0.3 is 0 Å². The van der Waals surface area contributed by atoms with Crippen LogP contribution in [0.4, 0.5) is 5.69 Å². The molecule has 0 aliphatic carbocycles. The number of H-pyrrole nitrogens is 1. The maximum atomic E-state index is 12.3. The number of anilines is 1. The number of nitrogens with one attached hydrogen (secondary N) is 4. The number of nitrogens with zero attached hydrogens (tertiary/aromatic N) is 1. The Morgan fingerprint density at radius 1 is 1.18 bits per heavy atom. The minimum atomic E-state index is -0.363. The maximum absolute atomic E-state index is 12.3. The molecule has 4 N–H and O–H groups in total. The Morgan fingerprint density at radius 3 is 2.68 bits per heavy atom. The average Bonchev–Trinajstić information content (AvgIpc) is 2.91. The third kappa shape index (κ3) is 4.20. The molecule has 0 radical (unpaired) electrons. The number of amides is 1. The number of carbonyl (C=O) groups is 1. The smallest absolute Gasteiger partial charge is 0.259 e. The second-order valence-corrected chi connectivity index (χ2v) is 8.14. The predicted molar refractivity (Wildman–Crippen MR) is 117 cm³/mol. The lowest BCUT2D eigenvalue weighted by atomic mass is 10.1. The second kappa shape index (κ2) is 8.07. The minimum Gasteiger partial charge on any atom is -0.331 e. The highest BCUT2D eigenvalue weighted by Crippen LogP contribution is 2.25. The highest BCUT2D eigenvalue weighted by molar-refractivity contribution is 7.80. The standard InChI is InChI=1S/C19H21N5O2S2/c1-9-6-5-7-13(10(9)2)20-19(27)24-23-15(25)8-14-21-17(26)16-11(3)12(4)28-18(16)22-14/h5-7H,8H2,1-4H3,(H,23,25)(H2,20,24,27)(H,21,22,26). The molecule has 0 spiro atoms. The van der Waals surface area contributed by atoms with Crippen LogP contribution in [0.25, 0.3) is 10.2 Å². The van der Waals surface area contributed by atoms with Gasteiger partial charge in [0.05, 0.1) is 11.8 Å². The van der Waals surface area contributed by atoms with Gasteiger partial charge in [0.15, 0.2) is 5.11 Å². The second-order valence-electron chi connectivity index (χ2n) is 6.53. The van der Waals surface area contributed by atoms with Crippen molar-refractivity contribution < 1.29 is 4.79 Å². The summed E-state index contributed by atoms with van der Waals surface area (Å²) in [6.45, 7) is 7.84. The van der Waals surface area contributed by atoms with Crippen molar-refractivity contribution in [2.75, 3.05) is 5.32 Å². The molecule has 0 unspecified atom stereocenters. The number of thiophene rings is 1. The lowest BCUT2D eigenvalue weighted by Crippen LogP contribution is -2.44. The van der Waals surface area contributed by atoms with Crippen molar-refractivity contribution in [3.63, 3.8) is 0 Å². The van der Waals surface area contributed by atoms with Crippen LogP contribution in [0.5, 0.6) is 0 Å². The summed E-state index contributed by atoms with van der Waals surface area (Å²) in [7, 11) is 0. The van der Waals surface area contributed by atoms with E-state index in [4.69, 9.17) is 12.2 Å². The Bertz CT molecular complexity index is 1130. The van der Waals surface area contributed by atoms with Crippen molar-refractivity contribution in [1.82, 2.24) is 20.8 Å². The third-order valence-electron chi connectivity index (χ3n) is 4.58. The van der Waals surface area contributed by atoms with Gasteiger partial charge in [-0.25, -0.2) is 4.98 Å². The summed E-state index contributed by atoms with van der Waals surface area (Å²) in [6, 6.07) is 5.85. The Balaban J connectivity index is 1.61. The molecular weight excluding hydrogens is 394 g/mol. The van der Waals surface area contributed by atoms with E-state index in [2.05, 4.69) is 26.1 Å². The summed E-state index contributed by atoms with van der Waals surface area (Å²) in [5, 5.41) is 3.90. The lowest BCUT2D eigenvalue weighted by molar-refractivity contribution is -0.121. The van der Waals surface area contributed by atoms with Gasteiger partial charge in [-0.2, -0.15) is 0 Å². The lowest BCUT2D eigenvalue weighted by Gasteiger charge is -2.14. The molecule has 9 heteroatoms. The monoisotopic (exact) mass is 415 g/mol. The molecule has 1 amide bonds. The Labute approximate surface area is 171 Å². The number of carbonyl (C=O) groups excluding carboxylic acids is 1. The van der Waals surface area contributed by atoms with Gasteiger partial charge in [0.25, 0.3) is 5.56 Å². The van der Waals surface area contributed by atoms with Crippen molar-refractivity contribution >= 4 is 50.5 Å².